The van der Waals surface area contributed by atoms with E-state index in [4.69, 9.17) is 4.74 Å². The molecule has 0 aliphatic heterocycles. The minimum atomic E-state index is 0.0777. The van der Waals surface area contributed by atoms with E-state index >= 15 is 0 Å². The summed E-state index contributed by atoms with van der Waals surface area (Å²) >= 11 is 0. The van der Waals surface area contributed by atoms with Crippen molar-refractivity contribution in [2.75, 3.05) is 7.11 Å². The van der Waals surface area contributed by atoms with E-state index in [1.54, 1.807) is 36.2 Å². The van der Waals surface area contributed by atoms with E-state index in [0.717, 1.165) is 42.6 Å². The first-order chi connectivity index (χ1) is 13.1. The lowest BCUT2D eigenvalue weighted by Crippen LogP contribution is -2.04. The fourth-order valence-electron chi connectivity index (χ4n) is 3.27. The number of aromatic hydroxyl groups is 2. The molecule has 0 unspecified atom stereocenters. The fraction of sp³-hybridized carbons (Fsp3) is 0.318. The van der Waals surface area contributed by atoms with Gasteiger partial charge in [0.2, 0.25) is 0 Å². The van der Waals surface area contributed by atoms with Gasteiger partial charge in [0.05, 0.1) is 24.9 Å². The highest BCUT2D eigenvalue weighted by Crippen LogP contribution is 2.38. The molecule has 0 aliphatic rings. The van der Waals surface area contributed by atoms with Crippen molar-refractivity contribution in [1.82, 2.24) is 9.78 Å². The number of rotatable bonds is 8. The third-order valence-corrected chi connectivity index (χ3v) is 4.66. The molecule has 0 radical (unpaired) electrons. The number of hydrogen-bond acceptors (Lipinski definition) is 4. The third kappa shape index (κ3) is 4.42. The van der Waals surface area contributed by atoms with Gasteiger partial charge in [-0.2, -0.15) is 5.10 Å². The van der Waals surface area contributed by atoms with Crippen LogP contribution in [0.3, 0.4) is 0 Å². The van der Waals surface area contributed by atoms with Crippen LogP contribution >= 0.6 is 0 Å². The number of ether oxygens (including phenoxy) is 1. The summed E-state index contributed by atoms with van der Waals surface area (Å²) in [6.45, 7) is 2.66. The lowest BCUT2D eigenvalue weighted by molar-refractivity contribution is 0.414. The van der Waals surface area contributed by atoms with Crippen molar-refractivity contribution in [2.45, 2.75) is 39.2 Å². The van der Waals surface area contributed by atoms with Crippen LogP contribution in [0.15, 0.2) is 48.7 Å². The van der Waals surface area contributed by atoms with Crippen molar-refractivity contribution < 1.29 is 14.9 Å². The molecule has 0 aliphatic carbocycles. The predicted molar refractivity (Wildman–Crippen MR) is 106 cm³/mol. The van der Waals surface area contributed by atoms with Crippen molar-refractivity contribution in [3.8, 4) is 28.5 Å². The minimum Gasteiger partial charge on any atom is -0.507 e. The quantitative estimate of drug-likeness (QED) is 0.565. The smallest absolute Gasteiger partial charge is 0.128 e. The summed E-state index contributed by atoms with van der Waals surface area (Å²) in [5.41, 5.74) is 3.05. The summed E-state index contributed by atoms with van der Waals surface area (Å²) in [5.74, 6) is 0.936. The number of benzene rings is 2. The summed E-state index contributed by atoms with van der Waals surface area (Å²) in [4.78, 5) is 0. The highest BCUT2D eigenvalue weighted by molar-refractivity contribution is 5.74. The Balaban J connectivity index is 1.88. The molecule has 0 saturated carbocycles. The second kappa shape index (κ2) is 8.62. The zero-order chi connectivity index (χ0) is 19.2. The molecule has 1 heterocycles. The number of methoxy groups -OCH3 is 1. The Morgan fingerprint density at radius 3 is 2.48 bits per heavy atom. The van der Waals surface area contributed by atoms with E-state index in [0.29, 0.717) is 17.8 Å². The summed E-state index contributed by atoms with van der Waals surface area (Å²) in [7, 11) is 1.64. The van der Waals surface area contributed by atoms with Crippen LogP contribution in [0.2, 0.25) is 0 Å². The molecule has 0 amide bonds. The van der Waals surface area contributed by atoms with Gasteiger partial charge in [0.15, 0.2) is 0 Å². The molecule has 142 valence electrons. The molecule has 1 aromatic heterocycles. The minimum absolute atomic E-state index is 0.0777. The summed E-state index contributed by atoms with van der Waals surface area (Å²) in [5, 5.41) is 25.5. The number of aromatic nitrogens is 2. The summed E-state index contributed by atoms with van der Waals surface area (Å²) < 4.78 is 7.04. The molecule has 0 fully saturated rings. The Morgan fingerprint density at radius 2 is 1.78 bits per heavy atom. The van der Waals surface area contributed by atoms with Crippen molar-refractivity contribution in [2.24, 2.45) is 0 Å². The first-order valence-corrected chi connectivity index (χ1v) is 9.32. The van der Waals surface area contributed by atoms with Gasteiger partial charge >= 0.3 is 0 Å². The lowest BCUT2D eigenvalue weighted by Gasteiger charge is -2.13. The molecule has 3 aromatic rings. The van der Waals surface area contributed by atoms with Gasteiger partial charge in [-0.3, -0.25) is 4.68 Å². The zero-order valence-electron chi connectivity index (χ0n) is 15.9. The standard InChI is InChI=1S/C22H26N2O3/c1-3-4-5-7-16-13-20(25)22(21(26)14-16)19-10-11-23-24(19)15-17-8-6-9-18(12-17)27-2/h6,8-14,25-26H,3-5,7,15H2,1-2H3. The first kappa shape index (κ1) is 18.8. The monoisotopic (exact) mass is 366 g/mol. The number of nitrogens with zero attached hydrogens (tertiary/aromatic N) is 2. The van der Waals surface area contributed by atoms with Crippen LogP contribution in [0, 0.1) is 0 Å². The van der Waals surface area contributed by atoms with Gasteiger partial charge < -0.3 is 14.9 Å². The van der Waals surface area contributed by atoms with Crippen molar-refractivity contribution in [3.63, 3.8) is 0 Å². The molecule has 0 saturated heterocycles. The number of phenolic OH excluding ortho intramolecular Hbond substituents is 2. The molecule has 3 rings (SSSR count). The predicted octanol–water partition coefficient (Wildman–Crippen LogP) is 4.75. The molecule has 2 aromatic carbocycles. The van der Waals surface area contributed by atoms with Crippen molar-refractivity contribution >= 4 is 0 Å². The van der Waals surface area contributed by atoms with Crippen LogP contribution in [-0.4, -0.2) is 27.1 Å². The molecule has 27 heavy (non-hydrogen) atoms. The summed E-state index contributed by atoms with van der Waals surface area (Å²) in [6.07, 6.45) is 5.83. The number of hydrogen-bond donors (Lipinski definition) is 2. The van der Waals surface area contributed by atoms with Crippen LogP contribution in [0.1, 0.15) is 37.3 Å². The molecule has 0 bridgehead atoms. The van der Waals surface area contributed by atoms with E-state index in [1.165, 1.54) is 0 Å². The Kier molecular flexibility index (Phi) is 6.01. The Labute approximate surface area is 159 Å². The van der Waals surface area contributed by atoms with Gasteiger partial charge in [-0.25, -0.2) is 0 Å². The molecular formula is C22H26N2O3. The van der Waals surface area contributed by atoms with Crippen molar-refractivity contribution in [1.29, 1.82) is 0 Å². The molecular weight excluding hydrogens is 340 g/mol. The maximum Gasteiger partial charge on any atom is 0.128 e. The van der Waals surface area contributed by atoms with E-state index in [2.05, 4.69) is 12.0 Å². The van der Waals surface area contributed by atoms with Gasteiger partial charge in [0.25, 0.3) is 0 Å². The average molecular weight is 366 g/mol. The molecule has 0 atom stereocenters. The van der Waals surface area contributed by atoms with Crippen LogP contribution in [0.25, 0.3) is 11.3 Å². The molecule has 5 nitrogen and oxygen atoms in total. The van der Waals surface area contributed by atoms with E-state index in [-0.39, 0.29) is 11.5 Å². The largest absolute Gasteiger partial charge is 0.507 e. The fourth-order valence-corrected chi connectivity index (χ4v) is 3.27. The normalized spacial score (nSPS) is 10.9. The second-order valence-corrected chi connectivity index (χ2v) is 6.69. The van der Waals surface area contributed by atoms with Crippen molar-refractivity contribution in [3.05, 3.63) is 59.8 Å². The van der Waals surface area contributed by atoms with Crippen LogP contribution in [-0.2, 0) is 13.0 Å². The van der Waals surface area contributed by atoms with Gasteiger partial charge in [0.1, 0.15) is 17.2 Å². The van der Waals surface area contributed by atoms with Gasteiger partial charge in [-0.15, -0.1) is 0 Å². The first-order valence-electron chi connectivity index (χ1n) is 9.32. The van der Waals surface area contributed by atoms with E-state index in [9.17, 15) is 10.2 Å². The topological polar surface area (TPSA) is 67.5 Å². The van der Waals surface area contributed by atoms with Crippen LogP contribution in [0.5, 0.6) is 17.2 Å². The number of unbranched alkanes of at least 4 members (excludes halogenated alkanes) is 2. The molecule has 5 heteroatoms. The summed E-state index contributed by atoms with van der Waals surface area (Å²) in [6, 6.07) is 13.0. The third-order valence-electron chi connectivity index (χ3n) is 4.66. The van der Waals surface area contributed by atoms with Gasteiger partial charge in [0, 0.05) is 6.20 Å². The lowest BCUT2D eigenvalue weighted by atomic mass is 10.0. The van der Waals surface area contributed by atoms with Crippen LogP contribution in [0.4, 0.5) is 0 Å². The Bertz CT molecular complexity index is 879. The highest BCUT2D eigenvalue weighted by Gasteiger charge is 2.16. The maximum atomic E-state index is 10.6. The maximum absolute atomic E-state index is 10.6. The molecule has 2 N–H and O–H groups in total. The Morgan fingerprint density at radius 1 is 1.00 bits per heavy atom. The number of aryl methyl sites for hydroxylation is 1. The van der Waals surface area contributed by atoms with Gasteiger partial charge in [-0.05, 0) is 54.3 Å². The van der Waals surface area contributed by atoms with E-state index in [1.807, 2.05) is 24.3 Å². The zero-order valence-corrected chi connectivity index (χ0v) is 15.9. The van der Waals surface area contributed by atoms with Gasteiger partial charge in [-0.1, -0.05) is 31.9 Å². The Hall–Kier alpha value is -2.95. The average Bonchev–Trinajstić information content (AvgIpc) is 3.09. The second-order valence-electron chi connectivity index (χ2n) is 6.69. The number of phenols is 2. The van der Waals surface area contributed by atoms with E-state index < -0.39 is 0 Å². The SMILES string of the molecule is CCCCCc1cc(O)c(-c2ccnn2Cc2cccc(OC)c2)c(O)c1. The molecule has 0 spiro atoms. The van der Waals surface area contributed by atoms with Crippen LogP contribution < -0.4 is 4.74 Å². The highest BCUT2D eigenvalue weighted by atomic mass is 16.5.